The van der Waals surface area contributed by atoms with E-state index in [1.165, 1.54) is 0 Å². The van der Waals surface area contributed by atoms with Gasteiger partial charge in [0.1, 0.15) is 4.60 Å². The van der Waals surface area contributed by atoms with Gasteiger partial charge in [0.05, 0.1) is 5.52 Å². The maximum absolute atomic E-state index is 5.98. The van der Waals surface area contributed by atoms with Crippen LogP contribution >= 0.6 is 27.5 Å². The predicted molar refractivity (Wildman–Crippen MR) is 63.9 cm³/mol. The molecule has 0 saturated heterocycles. The van der Waals surface area contributed by atoms with E-state index in [9.17, 15) is 0 Å². The second kappa shape index (κ2) is 3.52. The van der Waals surface area contributed by atoms with E-state index < -0.39 is 0 Å². The van der Waals surface area contributed by atoms with Crippen LogP contribution in [0.1, 0.15) is 11.1 Å². The summed E-state index contributed by atoms with van der Waals surface area (Å²) in [4.78, 5) is 4.47. The maximum Gasteiger partial charge on any atom is 0.109 e. The highest BCUT2D eigenvalue weighted by atomic mass is 79.9. The third kappa shape index (κ3) is 1.64. The third-order valence-electron chi connectivity index (χ3n) is 2.20. The first kappa shape index (κ1) is 9.94. The number of pyridine rings is 1. The molecule has 1 aromatic heterocycles. The smallest absolute Gasteiger partial charge is 0.109 e. The standard InChI is InChI=1S/C11H9BrClN/c1-6-4-9(13)5-8-3-7(2)11(12)14-10(6)8/h3-5H,1-2H3. The quantitative estimate of drug-likeness (QED) is 0.652. The van der Waals surface area contributed by atoms with Crippen LogP contribution in [-0.2, 0) is 0 Å². The van der Waals surface area contributed by atoms with E-state index in [2.05, 4.69) is 27.0 Å². The van der Waals surface area contributed by atoms with Crippen molar-refractivity contribution in [3.8, 4) is 0 Å². The summed E-state index contributed by atoms with van der Waals surface area (Å²) >= 11 is 9.40. The van der Waals surface area contributed by atoms with Crippen molar-refractivity contribution in [2.75, 3.05) is 0 Å². The third-order valence-corrected chi connectivity index (χ3v) is 3.22. The molecule has 1 heterocycles. The van der Waals surface area contributed by atoms with Gasteiger partial charge in [0.2, 0.25) is 0 Å². The van der Waals surface area contributed by atoms with Crippen molar-refractivity contribution in [1.29, 1.82) is 0 Å². The highest BCUT2D eigenvalue weighted by molar-refractivity contribution is 9.10. The molecular formula is C11H9BrClN. The molecule has 0 aliphatic rings. The molecule has 1 nitrogen and oxygen atoms in total. The Kier molecular flexibility index (Phi) is 2.50. The molecule has 72 valence electrons. The van der Waals surface area contributed by atoms with E-state index >= 15 is 0 Å². The molecule has 0 spiro atoms. The van der Waals surface area contributed by atoms with Crippen LogP contribution in [0.3, 0.4) is 0 Å². The molecule has 1 aromatic carbocycles. The van der Waals surface area contributed by atoms with Crippen molar-refractivity contribution >= 4 is 38.4 Å². The van der Waals surface area contributed by atoms with Crippen molar-refractivity contribution in [2.24, 2.45) is 0 Å². The minimum atomic E-state index is 0.763. The van der Waals surface area contributed by atoms with E-state index in [4.69, 9.17) is 11.6 Å². The highest BCUT2D eigenvalue weighted by Crippen LogP contribution is 2.25. The number of hydrogen-bond donors (Lipinski definition) is 0. The van der Waals surface area contributed by atoms with Gasteiger partial charge in [0, 0.05) is 10.4 Å². The second-order valence-corrected chi connectivity index (χ2v) is 4.58. The summed E-state index contributed by atoms with van der Waals surface area (Å²) in [5, 5.41) is 1.86. The topological polar surface area (TPSA) is 12.9 Å². The van der Waals surface area contributed by atoms with Gasteiger partial charge < -0.3 is 0 Å². The summed E-state index contributed by atoms with van der Waals surface area (Å²) in [6.07, 6.45) is 0. The molecule has 14 heavy (non-hydrogen) atoms. The summed E-state index contributed by atoms with van der Waals surface area (Å²) < 4.78 is 0.899. The Morgan fingerprint density at radius 1 is 1.14 bits per heavy atom. The van der Waals surface area contributed by atoms with Crippen LogP contribution in [-0.4, -0.2) is 4.98 Å². The molecule has 2 rings (SSSR count). The van der Waals surface area contributed by atoms with Gasteiger partial charge >= 0.3 is 0 Å². The zero-order valence-corrected chi connectivity index (χ0v) is 10.3. The average molecular weight is 271 g/mol. The Hall–Kier alpha value is -0.600. The molecule has 0 amide bonds. The Bertz CT molecular complexity index is 508. The molecular weight excluding hydrogens is 261 g/mol. The van der Waals surface area contributed by atoms with Crippen LogP contribution in [0.2, 0.25) is 5.02 Å². The van der Waals surface area contributed by atoms with E-state index in [1.807, 2.05) is 26.0 Å². The van der Waals surface area contributed by atoms with Crippen molar-refractivity contribution in [2.45, 2.75) is 13.8 Å². The van der Waals surface area contributed by atoms with Crippen LogP contribution in [0.5, 0.6) is 0 Å². The SMILES string of the molecule is Cc1cc2cc(Cl)cc(C)c2nc1Br. The zero-order chi connectivity index (χ0) is 10.3. The number of hydrogen-bond acceptors (Lipinski definition) is 1. The van der Waals surface area contributed by atoms with E-state index in [-0.39, 0.29) is 0 Å². The zero-order valence-electron chi connectivity index (χ0n) is 7.94. The van der Waals surface area contributed by atoms with Gasteiger partial charge in [-0.3, -0.25) is 0 Å². The number of aryl methyl sites for hydroxylation is 2. The molecule has 0 unspecified atom stereocenters. The number of benzene rings is 1. The summed E-state index contributed by atoms with van der Waals surface area (Å²) in [7, 11) is 0. The Balaban J connectivity index is 2.89. The lowest BCUT2D eigenvalue weighted by molar-refractivity contribution is 1.26. The molecule has 0 bridgehead atoms. The summed E-state index contributed by atoms with van der Waals surface area (Å²) in [5.74, 6) is 0. The predicted octanol–water partition coefficient (Wildman–Crippen LogP) is 4.27. The largest absolute Gasteiger partial charge is 0.240 e. The first-order valence-corrected chi connectivity index (χ1v) is 5.48. The Morgan fingerprint density at radius 2 is 1.86 bits per heavy atom. The maximum atomic E-state index is 5.98. The lowest BCUT2D eigenvalue weighted by Gasteiger charge is -2.05. The fourth-order valence-corrected chi connectivity index (χ4v) is 2.08. The average Bonchev–Trinajstić information content (AvgIpc) is 2.08. The molecule has 0 radical (unpaired) electrons. The lowest BCUT2D eigenvalue weighted by atomic mass is 10.1. The molecule has 0 saturated carbocycles. The van der Waals surface area contributed by atoms with Gasteiger partial charge in [-0.25, -0.2) is 4.98 Å². The van der Waals surface area contributed by atoms with Gasteiger partial charge in [0.25, 0.3) is 0 Å². The van der Waals surface area contributed by atoms with E-state index in [0.29, 0.717) is 0 Å². The van der Waals surface area contributed by atoms with Crippen molar-refractivity contribution in [1.82, 2.24) is 4.98 Å². The van der Waals surface area contributed by atoms with Crippen LogP contribution < -0.4 is 0 Å². The van der Waals surface area contributed by atoms with Crippen molar-refractivity contribution in [3.63, 3.8) is 0 Å². The van der Waals surface area contributed by atoms with Crippen molar-refractivity contribution < 1.29 is 0 Å². The highest BCUT2D eigenvalue weighted by Gasteiger charge is 2.04. The molecule has 0 aliphatic heterocycles. The minimum Gasteiger partial charge on any atom is -0.240 e. The van der Waals surface area contributed by atoms with Crippen LogP contribution in [0.25, 0.3) is 10.9 Å². The molecule has 0 atom stereocenters. The minimum absolute atomic E-state index is 0.763. The number of halogens is 2. The summed E-state index contributed by atoms with van der Waals surface area (Å²) in [6.45, 7) is 4.04. The van der Waals surface area contributed by atoms with Gasteiger partial charge in [-0.05, 0) is 59.1 Å². The van der Waals surface area contributed by atoms with E-state index in [0.717, 1.165) is 31.7 Å². The second-order valence-electron chi connectivity index (χ2n) is 3.39. The fourth-order valence-electron chi connectivity index (χ4n) is 1.50. The van der Waals surface area contributed by atoms with Crippen molar-refractivity contribution in [3.05, 3.63) is 39.0 Å². The molecule has 0 N–H and O–H groups in total. The monoisotopic (exact) mass is 269 g/mol. The Labute approximate surface area is 96.2 Å². The van der Waals surface area contributed by atoms with Gasteiger partial charge in [-0.2, -0.15) is 0 Å². The van der Waals surface area contributed by atoms with Crippen LogP contribution in [0.15, 0.2) is 22.8 Å². The molecule has 3 heteroatoms. The first-order valence-electron chi connectivity index (χ1n) is 4.31. The number of nitrogens with zero attached hydrogens (tertiary/aromatic N) is 1. The summed E-state index contributed by atoms with van der Waals surface area (Å²) in [5.41, 5.74) is 3.24. The first-order chi connectivity index (χ1) is 6.58. The van der Waals surface area contributed by atoms with Crippen LogP contribution in [0, 0.1) is 13.8 Å². The fraction of sp³-hybridized carbons (Fsp3) is 0.182. The number of fused-ring (bicyclic) bond motifs is 1. The van der Waals surface area contributed by atoms with Gasteiger partial charge in [-0.1, -0.05) is 11.6 Å². The van der Waals surface area contributed by atoms with Crippen LogP contribution in [0.4, 0.5) is 0 Å². The molecule has 0 fully saturated rings. The van der Waals surface area contributed by atoms with Gasteiger partial charge in [0.15, 0.2) is 0 Å². The van der Waals surface area contributed by atoms with Gasteiger partial charge in [-0.15, -0.1) is 0 Å². The molecule has 2 aromatic rings. The van der Waals surface area contributed by atoms with E-state index in [1.54, 1.807) is 0 Å². The Morgan fingerprint density at radius 3 is 2.57 bits per heavy atom. The normalized spacial score (nSPS) is 10.9. The summed E-state index contributed by atoms with van der Waals surface area (Å²) in [6, 6.07) is 5.96. The lowest BCUT2D eigenvalue weighted by Crippen LogP contribution is -1.87. The number of aromatic nitrogens is 1. The molecule has 0 aliphatic carbocycles. The number of rotatable bonds is 0.